The van der Waals surface area contributed by atoms with Crippen molar-refractivity contribution in [3.63, 3.8) is 0 Å². The maximum Gasteiger partial charge on any atom is 0.253 e. The number of fused-ring (bicyclic) bond motifs is 1. The average Bonchev–Trinajstić information content (AvgIpc) is 3.05. The smallest absolute Gasteiger partial charge is 0.253 e. The summed E-state index contributed by atoms with van der Waals surface area (Å²) in [5, 5.41) is 6.30. The van der Waals surface area contributed by atoms with E-state index in [-0.39, 0.29) is 11.8 Å². The molecule has 2 saturated heterocycles. The predicted molar refractivity (Wildman–Crippen MR) is 99.2 cm³/mol. The normalized spacial score (nSPS) is 24.6. The number of rotatable bonds is 2. The molecule has 7 heteroatoms. The lowest BCUT2D eigenvalue weighted by Crippen LogP contribution is -2.49. The van der Waals surface area contributed by atoms with Gasteiger partial charge in [-0.15, -0.1) is 11.8 Å². The van der Waals surface area contributed by atoms with Crippen LogP contribution >= 0.6 is 11.8 Å². The summed E-state index contributed by atoms with van der Waals surface area (Å²) in [5.41, 5.74) is 1.44. The number of likely N-dealkylation sites (tertiary alicyclic amines) is 1. The van der Waals surface area contributed by atoms with Gasteiger partial charge >= 0.3 is 0 Å². The highest BCUT2D eigenvalue weighted by Crippen LogP contribution is 2.32. The van der Waals surface area contributed by atoms with Crippen molar-refractivity contribution in [2.75, 3.05) is 50.3 Å². The molecule has 6 nitrogen and oxygen atoms in total. The fourth-order valence-electron chi connectivity index (χ4n) is 3.81. The lowest BCUT2D eigenvalue weighted by atomic mass is 10.1. The molecule has 2 amide bonds. The van der Waals surface area contributed by atoms with Crippen LogP contribution in [-0.4, -0.2) is 72.7 Å². The first-order chi connectivity index (χ1) is 12.2. The summed E-state index contributed by atoms with van der Waals surface area (Å²) in [6, 6.07) is 6.17. The zero-order valence-corrected chi connectivity index (χ0v) is 15.1. The number of anilines is 1. The quantitative estimate of drug-likeness (QED) is 0.831. The van der Waals surface area contributed by atoms with E-state index in [4.69, 9.17) is 0 Å². The number of benzene rings is 1. The SMILES string of the molecule is O=C1CCSc2ccc(C(=O)N3CCC(N4CCNCC4)C3)cc2N1. The van der Waals surface area contributed by atoms with Crippen molar-refractivity contribution in [1.82, 2.24) is 15.1 Å². The topological polar surface area (TPSA) is 64.7 Å². The Morgan fingerprint density at radius 1 is 1.20 bits per heavy atom. The number of piperazine rings is 1. The van der Waals surface area contributed by atoms with E-state index in [2.05, 4.69) is 15.5 Å². The summed E-state index contributed by atoms with van der Waals surface area (Å²) in [5.74, 6) is 0.879. The molecule has 3 aliphatic rings. The second-order valence-electron chi connectivity index (χ2n) is 6.84. The molecule has 2 fully saturated rings. The average molecular weight is 360 g/mol. The number of thioether (sulfide) groups is 1. The second kappa shape index (κ2) is 7.35. The minimum absolute atomic E-state index is 0.0239. The Labute approximate surface area is 152 Å². The molecule has 4 rings (SSSR count). The van der Waals surface area contributed by atoms with Crippen LogP contribution in [-0.2, 0) is 4.79 Å². The molecule has 0 bridgehead atoms. The standard InChI is InChI=1S/C18H24N4O2S/c23-17-4-10-25-16-2-1-13(11-15(16)20-17)18(24)22-7-3-14(12-22)21-8-5-19-6-9-21/h1-2,11,14,19H,3-10,12H2,(H,20,23). The summed E-state index contributed by atoms with van der Waals surface area (Å²) in [6.45, 7) is 5.81. The highest BCUT2D eigenvalue weighted by molar-refractivity contribution is 7.99. The van der Waals surface area contributed by atoms with E-state index >= 15 is 0 Å². The number of nitrogens with zero attached hydrogens (tertiary/aromatic N) is 2. The van der Waals surface area contributed by atoms with E-state index in [1.54, 1.807) is 11.8 Å². The van der Waals surface area contributed by atoms with E-state index in [0.29, 0.717) is 18.0 Å². The van der Waals surface area contributed by atoms with E-state index in [0.717, 1.165) is 62.0 Å². The van der Waals surface area contributed by atoms with E-state index < -0.39 is 0 Å². The highest BCUT2D eigenvalue weighted by Gasteiger charge is 2.31. The van der Waals surface area contributed by atoms with Gasteiger partial charge in [0.25, 0.3) is 5.91 Å². The summed E-state index contributed by atoms with van der Waals surface area (Å²) in [4.78, 5) is 30.2. The molecule has 3 aliphatic heterocycles. The van der Waals surface area contributed by atoms with Crippen molar-refractivity contribution < 1.29 is 9.59 Å². The van der Waals surface area contributed by atoms with Gasteiger partial charge in [0.2, 0.25) is 5.91 Å². The minimum Gasteiger partial charge on any atom is -0.337 e. The minimum atomic E-state index is 0.0239. The molecule has 134 valence electrons. The van der Waals surface area contributed by atoms with Gasteiger partial charge in [-0.25, -0.2) is 0 Å². The first-order valence-corrected chi connectivity index (χ1v) is 10.00. The number of carbonyl (C=O) groups is 2. The summed E-state index contributed by atoms with van der Waals surface area (Å²) >= 11 is 1.66. The van der Waals surface area contributed by atoms with Crippen LogP contribution in [0.2, 0.25) is 0 Å². The van der Waals surface area contributed by atoms with Crippen LogP contribution < -0.4 is 10.6 Å². The van der Waals surface area contributed by atoms with Crippen molar-refractivity contribution in [3.8, 4) is 0 Å². The zero-order chi connectivity index (χ0) is 17.2. The van der Waals surface area contributed by atoms with Gasteiger partial charge in [0.1, 0.15) is 0 Å². The molecule has 3 heterocycles. The fraction of sp³-hybridized carbons (Fsp3) is 0.556. The van der Waals surface area contributed by atoms with Crippen LogP contribution in [0.15, 0.2) is 23.1 Å². The molecule has 0 saturated carbocycles. The van der Waals surface area contributed by atoms with Gasteiger partial charge in [-0.2, -0.15) is 0 Å². The molecule has 1 atom stereocenters. The fourth-order valence-corrected chi connectivity index (χ4v) is 4.74. The molecule has 25 heavy (non-hydrogen) atoms. The molecule has 2 N–H and O–H groups in total. The lowest BCUT2D eigenvalue weighted by Gasteiger charge is -2.32. The molecule has 0 aliphatic carbocycles. The van der Waals surface area contributed by atoms with Crippen LogP contribution in [0, 0.1) is 0 Å². The lowest BCUT2D eigenvalue weighted by molar-refractivity contribution is -0.115. The van der Waals surface area contributed by atoms with Crippen LogP contribution in [0.1, 0.15) is 23.2 Å². The van der Waals surface area contributed by atoms with E-state index in [1.165, 1.54) is 0 Å². The highest BCUT2D eigenvalue weighted by atomic mass is 32.2. The van der Waals surface area contributed by atoms with Crippen molar-refractivity contribution in [2.45, 2.75) is 23.8 Å². The first-order valence-electron chi connectivity index (χ1n) is 9.01. The van der Waals surface area contributed by atoms with Gasteiger partial charge in [-0.1, -0.05) is 0 Å². The Hall–Kier alpha value is -1.57. The Balaban J connectivity index is 1.45. The Morgan fingerprint density at radius 2 is 2.04 bits per heavy atom. The molecular formula is C18H24N4O2S. The maximum absolute atomic E-state index is 12.9. The van der Waals surface area contributed by atoms with Crippen LogP contribution in [0.3, 0.4) is 0 Å². The Kier molecular flexibility index (Phi) is 4.96. The molecule has 1 aromatic carbocycles. The van der Waals surface area contributed by atoms with Crippen molar-refractivity contribution in [3.05, 3.63) is 23.8 Å². The number of nitrogens with one attached hydrogen (secondary N) is 2. The predicted octanol–water partition coefficient (Wildman–Crippen LogP) is 1.24. The van der Waals surface area contributed by atoms with Crippen molar-refractivity contribution >= 4 is 29.3 Å². The maximum atomic E-state index is 12.9. The van der Waals surface area contributed by atoms with Gasteiger partial charge in [0.05, 0.1) is 5.69 Å². The molecule has 1 unspecified atom stereocenters. The third kappa shape index (κ3) is 3.68. The summed E-state index contributed by atoms with van der Waals surface area (Å²) in [7, 11) is 0. The van der Waals surface area contributed by atoms with E-state index in [9.17, 15) is 9.59 Å². The molecule has 0 aromatic heterocycles. The third-order valence-corrected chi connectivity index (χ3v) is 6.28. The number of carbonyl (C=O) groups excluding carboxylic acids is 2. The van der Waals surface area contributed by atoms with Gasteiger partial charge in [0.15, 0.2) is 0 Å². The molecule has 0 spiro atoms. The molecule has 0 radical (unpaired) electrons. The van der Waals surface area contributed by atoms with Gasteiger partial charge in [-0.3, -0.25) is 14.5 Å². The Bertz CT molecular complexity index is 675. The van der Waals surface area contributed by atoms with Crippen molar-refractivity contribution in [1.29, 1.82) is 0 Å². The summed E-state index contributed by atoms with van der Waals surface area (Å²) in [6.07, 6.45) is 1.56. The second-order valence-corrected chi connectivity index (χ2v) is 7.97. The number of hydrogen-bond acceptors (Lipinski definition) is 5. The van der Waals surface area contributed by atoms with Crippen molar-refractivity contribution in [2.24, 2.45) is 0 Å². The number of amides is 2. The molecular weight excluding hydrogens is 336 g/mol. The zero-order valence-electron chi connectivity index (χ0n) is 14.3. The van der Waals surface area contributed by atoms with Crippen LogP contribution in [0.25, 0.3) is 0 Å². The monoisotopic (exact) mass is 360 g/mol. The Morgan fingerprint density at radius 3 is 2.88 bits per heavy atom. The summed E-state index contributed by atoms with van der Waals surface area (Å²) < 4.78 is 0. The van der Waals surface area contributed by atoms with Gasteiger partial charge < -0.3 is 15.5 Å². The van der Waals surface area contributed by atoms with Crippen LogP contribution in [0.5, 0.6) is 0 Å². The van der Waals surface area contributed by atoms with E-state index in [1.807, 2.05) is 23.1 Å². The van der Waals surface area contributed by atoms with Gasteiger partial charge in [-0.05, 0) is 24.6 Å². The molecule has 1 aromatic rings. The number of hydrogen-bond donors (Lipinski definition) is 2. The first kappa shape index (κ1) is 16.9. The third-order valence-electron chi connectivity index (χ3n) is 5.21. The largest absolute Gasteiger partial charge is 0.337 e. The van der Waals surface area contributed by atoms with Gasteiger partial charge in [0, 0.05) is 67.9 Å². The van der Waals surface area contributed by atoms with Crippen LogP contribution in [0.4, 0.5) is 5.69 Å².